The maximum absolute atomic E-state index is 14.2. The summed E-state index contributed by atoms with van der Waals surface area (Å²) >= 11 is 0. The number of amides is 6. The van der Waals surface area contributed by atoms with Gasteiger partial charge in [-0.05, 0) is 78.3 Å². The van der Waals surface area contributed by atoms with E-state index in [1.807, 2.05) is 72.9 Å². The highest BCUT2D eigenvalue weighted by Crippen LogP contribution is 2.44. The molecule has 68 heavy (non-hydrogen) atoms. The molecule has 0 spiro atoms. The van der Waals surface area contributed by atoms with E-state index in [0.717, 1.165) is 47.9 Å². The molecule has 2 saturated heterocycles. The topological polar surface area (TPSA) is 170 Å². The number of likely N-dealkylation sites (tertiary alicyclic amines) is 2. The van der Waals surface area contributed by atoms with E-state index < -0.39 is 23.7 Å². The zero-order valence-corrected chi connectivity index (χ0v) is 37.7. The van der Waals surface area contributed by atoms with Crippen LogP contribution in [0.4, 0.5) is 0 Å². The van der Waals surface area contributed by atoms with Crippen LogP contribution in [0, 0.1) is 23.7 Å². The lowest BCUT2D eigenvalue weighted by Crippen LogP contribution is -2.43. The molecule has 6 fully saturated rings. The average Bonchev–Trinajstić information content (AvgIpc) is 4.31. The number of hydrogen-bond acceptors (Lipinski definition) is 7. The molecular weight excluding hydrogens is 855 g/mol. The highest BCUT2D eigenvalue weighted by atomic mass is 16.2. The molecule has 5 aromatic rings. The van der Waals surface area contributed by atoms with Gasteiger partial charge in [-0.1, -0.05) is 97.1 Å². The van der Waals surface area contributed by atoms with Crippen molar-refractivity contribution in [2.45, 2.75) is 73.5 Å². The Bertz CT molecular complexity index is 2370. The molecule has 4 aromatic carbocycles. The molecule has 6 amide bonds. The number of hydrogen-bond donors (Lipinski definition) is 4. The second kappa shape index (κ2) is 18.2. The van der Waals surface area contributed by atoms with E-state index in [0.29, 0.717) is 11.1 Å². The summed E-state index contributed by atoms with van der Waals surface area (Å²) in [5.74, 6) is -3.83. The zero-order valence-electron chi connectivity index (χ0n) is 37.7. The molecule has 4 aliphatic carbocycles. The Balaban J connectivity index is 0.756. The molecule has 1 aromatic heterocycles. The largest absolute Gasteiger partial charge is 0.352 e. The van der Waals surface area contributed by atoms with E-state index >= 15 is 0 Å². The van der Waals surface area contributed by atoms with Gasteiger partial charge in [0.2, 0.25) is 23.6 Å². The second-order valence-electron chi connectivity index (χ2n) is 19.8. The van der Waals surface area contributed by atoms with Gasteiger partial charge >= 0.3 is 0 Å². The van der Waals surface area contributed by atoms with Gasteiger partial charge < -0.3 is 31.1 Å². The molecule has 3 heterocycles. The van der Waals surface area contributed by atoms with E-state index in [1.54, 1.807) is 40.3 Å². The second-order valence-corrected chi connectivity index (χ2v) is 19.8. The van der Waals surface area contributed by atoms with E-state index in [2.05, 4.69) is 62.6 Å². The molecule has 13 heteroatoms. The van der Waals surface area contributed by atoms with Crippen molar-refractivity contribution in [3.8, 4) is 0 Å². The van der Waals surface area contributed by atoms with Gasteiger partial charge in [-0.25, -0.2) is 0 Å². The summed E-state index contributed by atoms with van der Waals surface area (Å²) in [5, 5.41) is 12.7. The van der Waals surface area contributed by atoms with Crippen LogP contribution in [0.1, 0.15) is 92.3 Å². The Hall–Kier alpha value is -7.15. The minimum atomic E-state index is -0.748. The number of nitrogens with one attached hydrogen (secondary N) is 4. The van der Waals surface area contributed by atoms with Crippen molar-refractivity contribution in [2.75, 3.05) is 26.2 Å². The molecule has 4 saturated carbocycles. The molecule has 0 bridgehead atoms. The van der Waals surface area contributed by atoms with Gasteiger partial charge in [0.05, 0.1) is 23.7 Å². The molecule has 0 radical (unpaired) electrons. The summed E-state index contributed by atoms with van der Waals surface area (Å²) in [4.78, 5) is 91.7. The first-order valence-electron chi connectivity index (χ1n) is 24.1. The first kappa shape index (κ1) is 43.4. The smallest absolute Gasteiger partial charge is 0.253 e. The van der Waals surface area contributed by atoms with E-state index in [4.69, 9.17) is 0 Å². The minimum Gasteiger partial charge on any atom is -0.352 e. The van der Waals surface area contributed by atoms with Crippen LogP contribution >= 0.6 is 0 Å². The van der Waals surface area contributed by atoms with Crippen molar-refractivity contribution >= 4 is 35.4 Å². The first-order valence-corrected chi connectivity index (χ1v) is 24.1. The summed E-state index contributed by atoms with van der Waals surface area (Å²) in [6, 6.07) is 40.2. The van der Waals surface area contributed by atoms with Crippen LogP contribution in [0.15, 0.2) is 140 Å². The quantitative estimate of drug-likeness (QED) is 0.120. The maximum atomic E-state index is 14.2. The Morgan fingerprint density at radius 3 is 0.971 bits per heavy atom. The molecule has 2 aliphatic heterocycles. The van der Waals surface area contributed by atoms with Gasteiger partial charge in [-0.3, -0.25) is 33.8 Å². The van der Waals surface area contributed by atoms with Crippen molar-refractivity contribution < 1.29 is 28.8 Å². The third kappa shape index (κ3) is 9.13. The highest BCUT2D eigenvalue weighted by molar-refractivity contribution is 6.00. The van der Waals surface area contributed by atoms with Gasteiger partial charge in [0.25, 0.3) is 11.8 Å². The maximum Gasteiger partial charge on any atom is 0.253 e. The van der Waals surface area contributed by atoms with Crippen LogP contribution in [-0.4, -0.2) is 101 Å². The van der Waals surface area contributed by atoms with Crippen molar-refractivity contribution in [1.29, 1.82) is 0 Å². The van der Waals surface area contributed by atoms with Crippen LogP contribution in [0.3, 0.4) is 0 Å². The van der Waals surface area contributed by atoms with E-state index in [9.17, 15) is 28.8 Å². The van der Waals surface area contributed by atoms with Crippen molar-refractivity contribution in [3.63, 3.8) is 0 Å². The Kier molecular flexibility index (Phi) is 11.6. The van der Waals surface area contributed by atoms with Gasteiger partial charge in [-0.15, -0.1) is 0 Å². The van der Waals surface area contributed by atoms with Gasteiger partial charge in [0, 0.05) is 97.5 Å². The summed E-state index contributed by atoms with van der Waals surface area (Å²) < 4.78 is 0. The predicted octanol–water partition coefficient (Wildman–Crippen LogP) is 5.15. The van der Waals surface area contributed by atoms with Gasteiger partial charge in [0.1, 0.15) is 0 Å². The third-order valence-electron chi connectivity index (χ3n) is 15.2. The predicted molar refractivity (Wildman–Crippen MR) is 253 cm³/mol. The van der Waals surface area contributed by atoms with Gasteiger partial charge in [-0.2, -0.15) is 0 Å². The SMILES string of the molecule is O=C(N[C@H]1C[C@@H]1c1ccccc1)[C@@H]1CN(C(=O)c2ccc(C(=O)N3C[C@@H](C(=O)N[C@H]4C[C@@H]4c4ccccc4)[C@H](C(=O)N[C@H]4C[C@@H]4c4cccnc4)C3)cc2)C[C@H]1C(=O)N[C@H]1C[C@@H]1c1ccccc1. The van der Waals surface area contributed by atoms with Crippen LogP contribution in [0.25, 0.3) is 0 Å². The molecule has 0 unspecified atom stereocenters. The summed E-state index contributed by atoms with van der Waals surface area (Å²) in [5.41, 5.74) is 5.17. The lowest BCUT2D eigenvalue weighted by atomic mass is 9.94. The fraction of sp³-hybridized carbons (Fsp3) is 0.364. The lowest BCUT2D eigenvalue weighted by Gasteiger charge is -2.18. The molecule has 13 nitrogen and oxygen atoms in total. The fourth-order valence-corrected chi connectivity index (χ4v) is 10.9. The van der Waals surface area contributed by atoms with Crippen molar-refractivity contribution in [3.05, 3.63) is 173 Å². The lowest BCUT2D eigenvalue weighted by molar-refractivity contribution is -0.133. The molecule has 11 rings (SSSR count). The summed E-state index contributed by atoms with van der Waals surface area (Å²) in [7, 11) is 0. The number of benzene rings is 4. The highest BCUT2D eigenvalue weighted by Gasteiger charge is 2.51. The molecular formula is C55H55N7O6. The Morgan fingerprint density at radius 2 is 0.676 bits per heavy atom. The number of pyridine rings is 1. The summed E-state index contributed by atoms with van der Waals surface area (Å²) in [6.45, 7) is 0.303. The molecule has 4 N–H and O–H groups in total. The van der Waals surface area contributed by atoms with Crippen LogP contribution in [-0.2, 0) is 19.2 Å². The van der Waals surface area contributed by atoms with Crippen LogP contribution in [0.2, 0.25) is 0 Å². The molecule has 12 atom stereocenters. The Morgan fingerprint density at radius 1 is 0.382 bits per heavy atom. The number of carbonyl (C=O) groups is 6. The standard InChI is InChI=1S/C55H55N7O6/c63-50(57-46-23-38(46)32-11-4-1-5-12-32)42-28-61(29-43(42)51(64)58-47-24-39(47)33-13-6-2-7-14-33)54(67)35-18-20-36(21-19-35)55(68)62-30-44(52(65)59-48-25-40(48)34-15-8-3-9-16-34)45(31-62)53(66)60-49-26-41(49)37-17-10-22-56-27-37/h1-22,27,38-49H,23-26,28-31H2,(H,57,63)(H,58,64)(H,59,65)(H,60,66)/t38-,39-,40-,41-,42-,43-,44-,45-,46+,47+,48+,49+/m1/s1. The van der Waals surface area contributed by atoms with Crippen LogP contribution in [0.5, 0.6) is 0 Å². The van der Waals surface area contributed by atoms with E-state index in [1.165, 1.54) is 0 Å². The summed E-state index contributed by atoms with van der Waals surface area (Å²) in [6.07, 6.45) is 6.75. The van der Waals surface area contributed by atoms with Crippen molar-refractivity contribution in [1.82, 2.24) is 36.1 Å². The number of nitrogens with zero attached hydrogens (tertiary/aromatic N) is 3. The number of rotatable bonds is 14. The first-order chi connectivity index (χ1) is 33.2. The normalized spacial score (nSPS) is 29.6. The molecule has 346 valence electrons. The van der Waals surface area contributed by atoms with Crippen LogP contribution < -0.4 is 21.3 Å². The Labute approximate surface area is 395 Å². The zero-order chi connectivity index (χ0) is 46.5. The fourth-order valence-electron chi connectivity index (χ4n) is 10.9. The van der Waals surface area contributed by atoms with Gasteiger partial charge in [0.15, 0.2) is 0 Å². The minimum absolute atomic E-state index is 0.0348. The van der Waals surface area contributed by atoms with E-state index in [-0.39, 0.29) is 109 Å². The monoisotopic (exact) mass is 909 g/mol. The third-order valence-corrected chi connectivity index (χ3v) is 15.2. The molecule has 6 aliphatic rings. The number of aromatic nitrogens is 1. The van der Waals surface area contributed by atoms with Crippen molar-refractivity contribution in [2.24, 2.45) is 23.7 Å². The average molecular weight is 910 g/mol. The number of carbonyl (C=O) groups excluding carboxylic acids is 6.